The molecule has 0 radical (unpaired) electrons. The second kappa shape index (κ2) is 8.82. The summed E-state index contributed by atoms with van der Waals surface area (Å²) >= 11 is 7.93. The second-order valence-corrected chi connectivity index (χ2v) is 9.07. The molecule has 0 saturated carbocycles. The highest BCUT2D eigenvalue weighted by Crippen LogP contribution is 2.30. The van der Waals surface area contributed by atoms with E-state index in [0.29, 0.717) is 18.8 Å². The van der Waals surface area contributed by atoms with Crippen molar-refractivity contribution < 1.29 is 9.53 Å². The molecule has 0 atom stereocenters. The molecule has 0 spiro atoms. The van der Waals surface area contributed by atoms with E-state index in [1.807, 2.05) is 30.9 Å². The number of amides is 1. The van der Waals surface area contributed by atoms with Crippen LogP contribution in [0.4, 0.5) is 5.13 Å². The largest absolute Gasteiger partial charge is 0.484 e. The van der Waals surface area contributed by atoms with Crippen LogP contribution in [0.15, 0.2) is 30.3 Å². The van der Waals surface area contributed by atoms with Crippen molar-refractivity contribution in [2.45, 2.75) is 27.2 Å². The van der Waals surface area contributed by atoms with Crippen molar-refractivity contribution in [2.24, 2.45) is 0 Å². The summed E-state index contributed by atoms with van der Waals surface area (Å²) in [7, 11) is 0. The number of rotatable bonds is 5. The predicted molar refractivity (Wildman–Crippen MR) is 124 cm³/mol. The number of hydrogen-bond donors (Lipinski definition) is 0. The van der Waals surface area contributed by atoms with Gasteiger partial charge in [0.15, 0.2) is 11.7 Å². The van der Waals surface area contributed by atoms with Crippen LogP contribution >= 0.6 is 22.9 Å². The van der Waals surface area contributed by atoms with E-state index >= 15 is 0 Å². The Morgan fingerprint density at radius 3 is 2.50 bits per heavy atom. The van der Waals surface area contributed by atoms with Gasteiger partial charge in [-0.2, -0.15) is 0 Å². The average Bonchev–Trinajstić information content (AvgIpc) is 3.19. The van der Waals surface area contributed by atoms with Crippen LogP contribution in [0.1, 0.15) is 23.6 Å². The smallest absolute Gasteiger partial charge is 0.260 e. The molecule has 1 amide bonds. The molecule has 0 aliphatic carbocycles. The number of ether oxygens (including phenoxy) is 1. The van der Waals surface area contributed by atoms with Gasteiger partial charge in [-0.05, 0) is 61.2 Å². The Morgan fingerprint density at radius 2 is 1.83 bits per heavy atom. The van der Waals surface area contributed by atoms with Gasteiger partial charge in [-0.25, -0.2) is 4.98 Å². The predicted octanol–water partition coefficient (Wildman–Crippen LogP) is 4.86. The van der Waals surface area contributed by atoms with Crippen molar-refractivity contribution in [1.82, 2.24) is 9.88 Å². The van der Waals surface area contributed by atoms with Crippen LogP contribution in [0.25, 0.3) is 10.2 Å². The fourth-order valence-corrected chi connectivity index (χ4v) is 4.88. The van der Waals surface area contributed by atoms with Gasteiger partial charge in [0.05, 0.1) is 10.2 Å². The van der Waals surface area contributed by atoms with E-state index in [-0.39, 0.29) is 12.5 Å². The van der Waals surface area contributed by atoms with Gasteiger partial charge in [-0.1, -0.05) is 35.9 Å². The summed E-state index contributed by atoms with van der Waals surface area (Å²) in [6.07, 6.45) is 1.03. The summed E-state index contributed by atoms with van der Waals surface area (Å²) < 4.78 is 6.96. The van der Waals surface area contributed by atoms with E-state index in [0.717, 1.165) is 46.3 Å². The van der Waals surface area contributed by atoms with Gasteiger partial charge < -0.3 is 14.5 Å². The Bertz CT molecular complexity index is 1050. The molecule has 2 aromatic carbocycles. The van der Waals surface area contributed by atoms with Gasteiger partial charge in [-0.15, -0.1) is 0 Å². The van der Waals surface area contributed by atoms with Gasteiger partial charge >= 0.3 is 0 Å². The molecule has 158 valence electrons. The second-order valence-electron chi connectivity index (χ2n) is 7.68. The molecule has 1 aliphatic heterocycles. The van der Waals surface area contributed by atoms with E-state index in [2.05, 4.69) is 30.0 Å². The van der Waals surface area contributed by atoms with Gasteiger partial charge in [0.25, 0.3) is 5.91 Å². The van der Waals surface area contributed by atoms with Crippen LogP contribution in [-0.2, 0) is 11.2 Å². The number of fused-ring (bicyclic) bond motifs is 1. The van der Waals surface area contributed by atoms with Crippen molar-refractivity contribution in [2.75, 3.05) is 37.7 Å². The normalized spacial score (nSPS) is 14.4. The molecule has 7 heteroatoms. The Labute approximate surface area is 186 Å². The van der Waals surface area contributed by atoms with Crippen molar-refractivity contribution in [3.63, 3.8) is 0 Å². The molecule has 0 unspecified atom stereocenters. The molecule has 30 heavy (non-hydrogen) atoms. The number of carbonyl (C=O) groups excluding carboxylic acids is 1. The number of hydrogen-bond acceptors (Lipinski definition) is 5. The number of aryl methyl sites for hydroxylation is 3. The third kappa shape index (κ3) is 4.40. The zero-order chi connectivity index (χ0) is 21.3. The van der Waals surface area contributed by atoms with Crippen molar-refractivity contribution in [1.29, 1.82) is 0 Å². The van der Waals surface area contributed by atoms with Crippen LogP contribution < -0.4 is 9.64 Å². The van der Waals surface area contributed by atoms with Crippen LogP contribution in [0.5, 0.6) is 5.75 Å². The lowest BCUT2D eigenvalue weighted by atomic mass is 10.1. The zero-order valence-corrected chi connectivity index (χ0v) is 19.1. The van der Waals surface area contributed by atoms with E-state index in [9.17, 15) is 4.79 Å². The molecular weight excluding hydrogens is 418 g/mol. The SMILES string of the molecule is CCc1ccc2nc(N3CCN(C(=O)COc4cc(C)c(Cl)c(C)c4)CC3)sc2c1. The third-order valence-electron chi connectivity index (χ3n) is 5.52. The first-order valence-electron chi connectivity index (χ1n) is 10.3. The Morgan fingerprint density at radius 1 is 1.13 bits per heavy atom. The topological polar surface area (TPSA) is 45.7 Å². The number of carbonyl (C=O) groups is 1. The average molecular weight is 444 g/mol. The maximum Gasteiger partial charge on any atom is 0.260 e. The van der Waals surface area contributed by atoms with Gasteiger partial charge in [-0.3, -0.25) is 4.79 Å². The van der Waals surface area contributed by atoms with Crippen LogP contribution in [0.3, 0.4) is 0 Å². The standard InChI is InChI=1S/C23H26ClN3O2S/c1-4-17-5-6-19-20(13-17)30-23(25-19)27-9-7-26(8-10-27)21(28)14-29-18-11-15(2)22(24)16(3)12-18/h5-6,11-13H,4,7-10,14H2,1-3H3. The quantitative estimate of drug-likeness (QED) is 0.565. The number of benzene rings is 2. The minimum atomic E-state index is 0.0109. The molecule has 1 fully saturated rings. The third-order valence-corrected chi connectivity index (χ3v) is 7.20. The van der Waals surface area contributed by atoms with E-state index in [4.69, 9.17) is 21.3 Å². The van der Waals surface area contributed by atoms with E-state index in [1.54, 1.807) is 11.3 Å². The highest BCUT2D eigenvalue weighted by molar-refractivity contribution is 7.22. The lowest BCUT2D eigenvalue weighted by molar-refractivity contribution is -0.133. The number of piperazine rings is 1. The fourth-order valence-electron chi connectivity index (χ4n) is 3.69. The van der Waals surface area contributed by atoms with E-state index in [1.165, 1.54) is 10.3 Å². The first-order chi connectivity index (χ1) is 14.4. The zero-order valence-electron chi connectivity index (χ0n) is 17.6. The summed E-state index contributed by atoms with van der Waals surface area (Å²) in [5.74, 6) is 0.694. The van der Waals surface area contributed by atoms with Crippen molar-refractivity contribution in [3.8, 4) is 5.75 Å². The molecule has 1 aromatic heterocycles. The molecule has 1 saturated heterocycles. The van der Waals surface area contributed by atoms with Crippen molar-refractivity contribution in [3.05, 3.63) is 52.0 Å². The fraction of sp³-hybridized carbons (Fsp3) is 0.391. The first-order valence-corrected chi connectivity index (χ1v) is 11.5. The Kier molecular flexibility index (Phi) is 6.16. The van der Waals surface area contributed by atoms with Gasteiger partial charge in [0.2, 0.25) is 0 Å². The minimum absolute atomic E-state index is 0.0109. The lowest BCUT2D eigenvalue weighted by Crippen LogP contribution is -2.50. The van der Waals surface area contributed by atoms with Crippen LogP contribution in [0.2, 0.25) is 5.02 Å². The van der Waals surface area contributed by atoms with E-state index < -0.39 is 0 Å². The highest BCUT2D eigenvalue weighted by atomic mass is 35.5. The van der Waals surface area contributed by atoms with Gasteiger partial charge in [0, 0.05) is 31.2 Å². The first kappa shape index (κ1) is 20.9. The molecular formula is C23H26ClN3O2S. The van der Waals surface area contributed by atoms with Crippen molar-refractivity contribution >= 4 is 44.2 Å². The Balaban J connectivity index is 1.33. The molecule has 1 aliphatic rings. The maximum atomic E-state index is 12.6. The molecule has 0 N–H and O–H groups in total. The highest BCUT2D eigenvalue weighted by Gasteiger charge is 2.23. The van der Waals surface area contributed by atoms with Crippen LogP contribution in [-0.4, -0.2) is 48.6 Å². The summed E-state index contributed by atoms with van der Waals surface area (Å²) in [5, 5.41) is 1.78. The molecule has 0 bridgehead atoms. The number of halogens is 1. The number of anilines is 1. The maximum absolute atomic E-state index is 12.6. The number of aromatic nitrogens is 1. The molecule has 4 rings (SSSR count). The van der Waals surface area contributed by atoms with Crippen LogP contribution in [0, 0.1) is 13.8 Å². The summed E-state index contributed by atoms with van der Waals surface area (Å²) in [4.78, 5) is 21.5. The number of thiazole rings is 1. The monoisotopic (exact) mass is 443 g/mol. The molecule has 3 aromatic rings. The molecule has 5 nitrogen and oxygen atoms in total. The Hall–Kier alpha value is -2.31. The minimum Gasteiger partial charge on any atom is -0.484 e. The molecule has 2 heterocycles. The summed E-state index contributed by atoms with van der Waals surface area (Å²) in [5.41, 5.74) is 4.29. The summed E-state index contributed by atoms with van der Waals surface area (Å²) in [6, 6.07) is 10.2. The lowest BCUT2D eigenvalue weighted by Gasteiger charge is -2.34. The summed E-state index contributed by atoms with van der Waals surface area (Å²) in [6.45, 7) is 9.01. The number of nitrogens with zero attached hydrogens (tertiary/aromatic N) is 3. The van der Waals surface area contributed by atoms with Gasteiger partial charge in [0.1, 0.15) is 5.75 Å².